The molecule has 2 bridgehead atoms. The van der Waals surface area contributed by atoms with Crippen LogP contribution < -0.4 is 9.74 Å². The summed E-state index contributed by atoms with van der Waals surface area (Å²) >= 11 is 1.72. The second kappa shape index (κ2) is 5.97. The largest absolute Gasteiger partial charge is 0.619 e. The number of hydrazone groups is 1. The van der Waals surface area contributed by atoms with Crippen molar-refractivity contribution < 1.29 is 9.47 Å². The molecule has 2 aromatic rings. The van der Waals surface area contributed by atoms with Crippen molar-refractivity contribution in [3.63, 3.8) is 0 Å². The monoisotopic (exact) mass is 385 g/mol. The van der Waals surface area contributed by atoms with Crippen LogP contribution in [-0.4, -0.2) is 33.9 Å². The number of ether oxygens (including phenoxy) is 1. The highest BCUT2D eigenvalue weighted by Crippen LogP contribution is 2.45. The zero-order valence-corrected chi connectivity index (χ0v) is 16.5. The Labute approximate surface area is 162 Å². The first kappa shape index (κ1) is 17.1. The van der Waals surface area contributed by atoms with Crippen LogP contribution in [0.5, 0.6) is 0 Å². The summed E-state index contributed by atoms with van der Waals surface area (Å²) in [6, 6.07) is 0.0793. The van der Waals surface area contributed by atoms with Crippen molar-refractivity contribution in [2.24, 2.45) is 11.0 Å². The Hall–Kier alpha value is -2.06. The van der Waals surface area contributed by atoms with Gasteiger partial charge in [-0.3, -0.25) is 0 Å². The average molecular weight is 385 g/mol. The molecular weight excluding hydrogens is 362 g/mol. The van der Waals surface area contributed by atoms with E-state index in [9.17, 15) is 5.21 Å². The van der Waals surface area contributed by atoms with Crippen LogP contribution in [0, 0.1) is 11.1 Å². The number of fused-ring (bicyclic) bond motifs is 4. The van der Waals surface area contributed by atoms with Gasteiger partial charge in [0.1, 0.15) is 10.7 Å². The van der Waals surface area contributed by atoms with Gasteiger partial charge in [-0.25, -0.2) is 15.0 Å². The molecular formula is C19H23N5O2S. The van der Waals surface area contributed by atoms with E-state index in [0.29, 0.717) is 11.9 Å². The first-order chi connectivity index (χ1) is 12.9. The van der Waals surface area contributed by atoms with Gasteiger partial charge < -0.3 is 9.94 Å². The molecule has 0 aromatic carbocycles. The molecule has 2 saturated heterocycles. The summed E-state index contributed by atoms with van der Waals surface area (Å²) in [6.45, 7) is 6.60. The smallest absolute Gasteiger partial charge is 0.224 e. The number of hydrogen-bond acceptors (Lipinski definition) is 7. The molecule has 0 radical (unpaired) electrons. The molecule has 4 unspecified atom stereocenters. The molecule has 0 spiro atoms. The molecule has 142 valence electrons. The third-order valence-corrected chi connectivity index (χ3v) is 7.11. The predicted molar refractivity (Wildman–Crippen MR) is 103 cm³/mol. The minimum Gasteiger partial charge on any atom is -0.619 e. The lowest BCUT2D eigenvalue weighted by atomic mass is 9.87. The van der Waals surface area contributed by atoms with Crippen molar-refractivity contribution >= 4 is 22.9 Å². The molecule has 2 aromatic heterocycles. The van der Waals surface area contributed by atoms with E-state index in [1.54, 1.807) is 11.3 Å². The molecule has 5 heterocycles. The zero-order chi connectivity index (χ0) is 18.8. The quantitative estimate of drug-likeness (QED) is 0.587. The fourth-order valence-corrected chi connectivity index (χ4v) is 5.35. The highest BCUT2D eigenvalue weighted by Gasteiger charge is 2.52. The number of nitrogens with zero attached hydrogens (tertiary/aromatic N) is 5. The summed E-state index contributed by atoms with van der Waals surface area (Å²) in [7, 11) is 0. The standard InChI is InChI=1S/C19H23N5O2S/c1-19(2,3)14-9-21-18(27-14)16-12-8-11-4-5-13(26-11)17(12)24(22-16)15-10-23(25)7-6-20-15/h6-7,9-13,17H,4-5,8H2,1-3H3. The molecule has 0 aliphatic carbocycles. The molecule has 3 aliphatic heterocycles. The molecule has 5 rings (SSSR count). The van der Waals surface area contributed by atoms with Gasteiger partial charge in [-0.05, 0) is 24.7 Å². The summed E-state index contributed by atoms with van der Waals surface area (Å²) in [5, 5.41) is 19.6. The van der Waals surface area contributed by atoms with Crippen LogP contribution in [0.3, 0.4) is 0 Å². The predicted octanol–water partition coefficient (Wildman–Crippen LogP) is 2.63. The third kappa shape index (κ3) is 2.82. The van der Waals surface area contributed by atoms with Crippen molar-refractivity contribution in [1.82, 2.24) is 9.97 Å². The maximum atomic E-state index is 11.8. The maximum Gasteiger partial charge on any atom is 0.224 e. The van der Waals surface area contributed by atoms with Crippen LogP contribution in [0.25, 0.3) is 0 Å². The Morgan fingerprint density at radius 1 is 1.30 bits per heavy atom. The van der Waals surface area contributed by atoms with Crippen molar-refractivity contribution in [1.29, 1.82) is 0 Å². The normalized spacial score (nSPS) is 29.7. The Balaban J connectivity index is 1.57. The van der Waals surface area contributed by atoms with E-state index < -0.39 is 0 Å². The van der Waals surface area contributed by atoms with E-state index in [1.165, 1.54) is 23.5 Å². The number of aromatic nitrogens is 3. The van der Waals surface area contributed by atoms with Crippen molar-refractivity contribution in [3.05, 3.63) is 39.9 Å². The lowest BCUT2D eigenvalue weighted by molar-refractivity contribution is -0.605. The lowest BCUT2D eigenvalue weighted by Gasteiger charge is -2.35. The van der Waals surface area contributed by atoms with E-state index in [4.69, 9.17) is 14.8 Å². The van der Waals surface area contributed by atoms with Crippen LogP contribution in [-0.2, 0) is 10.2 Å². The molecule has 0 amide bonds. The Bertz CT molecular complexity index is 906. The minimum absolute atomic E-state index is 0.0674. The fraction of sp³-hybridized carbons (Fsp3) is 0.579. The van der Waals surface area contributed by atoms with Crippen LogP contribution in [0.15, 0.2) is 29.9 Å². The van der Waals surface area contributed by atoms with E-state index in [0.717, 1.165) is 34.7 Å². The first-order valence-electron chi connectivity index (χ1n) is 9.45. The van der Waals surface area contributed by atoms with Crippen LogP contribution in [0.2, 0.25) is 0 Å². The minimum atomic E-state index is 0.0674. The summed E-state index contributed by atoms with van der Waals surface area (Å²) < 4.78 is 6.96. The summed E-state index contributed by atoms with van der Waals surface area (Å²) in [6.07, 6.45) is 9.86. The highest BCUT2D eigenvalue weighted by molar-refractivity contribution is 7.13. The molecule has 2 fully saturated rings. The van der Waals surface area contributed by atoms with Crippen molar-refractivity contribution in [2.75, 3.05) is 5.01 Å². The number of thiazole rings is 1. The van der Waals surface area contributed by atoms with Gasteiger partial charge in [-0.15, -0.1) is 11.3 Å². The van der Waals surface area contributed by atoms with Gasteiger partial charge in [0.15, 0.2) is 6.20 Å². The Morgan fingerprint density at radius 3 is 2.89 bits per heavy atom. The molecule has 0 saturated carbocycles. The fourth-order valence-electron chi connectivity index (χ4n) is 4.33. The summed E-state index contributed by atoms with van der Waals surface area (Å²) in [5.74, 6) is 0.830. The van der Waals surface area contributed by atoms with Crippen molar-refractivity contribution in [2.45, 2.75) is 63.7 Å². The van der Waals surface area contributed by atoms with Gasteiger partial charge in [0, 0.05) is 17.0 Å². The Morgan fingerprint density at radius 2 is 2.15 bits per heavy atom. The van der Waals surface area contributed by atoms with Crippen LogP contribution in [0.4, 0.5) is 5.82 Å². The van der Waals surface area contributed by atoms with Gasteiger partial charge in [0.05, 0.1) is 24.4 Å². The summed E-state index contributed by atoms with van der Waals surface area (Å²) in [4.78, 5) is 10.3. The number of hydrogen-bond donors (Lipinski definition) is 0. The molecule has 7 nitrogen and oxygen atoms in total. The van der Waals surface area contributed by atoms with Gasteiger partial charge in [0.2, 0.25) is 12.0 Å². The van der Waals surface area contributed by atoms with Gasteiger partial charge in [-0.2, -0.15) is 9.83 Å². The lowest BCUT2D eigenvalue weighted by Crippen LogP contribution is -2.48. The van der Waals surface area contributed by atoms with E-state index in [-0.39, 0.29) is 23.5 Å². The maximum absolute atomic E-state index is 11.8. The second-order valence-electron chi connectivity index (χ2n) is 8.59. The van der Waals surface area contributed by atoms with Gasteiger partial charge >= 0.3 is 0 Å². The van der Waals surface area contributed by atoms with E-state index >= 15 is 0 Å². The Kier molecular flexibility index (Phi) is 3.77. The van der Waals surface area contributed by atoms with Crippen LogP contribution >= 0.6 is 11.3 Å². The molecule has 0 N–H and O–H groups in total. The number of anilines is 1. The first-order valence-corrected chi connectivity index (χ1v) is 10.3. The second-order valence-corrected chi connectivity index (χ2v) is 9.62. The average Bonchev–Trinajstić information content (AvgIpc) is 3.32. The third-order valence-electron chi connectivity index (χ3n) is 5.66. The van der Waals surface area contributed by atoms with Crippen LogP contribution in [0.1, 0.15) is 49.9 Å². The molecule has 3 aliphatic rings. The topological polar surface area (TPSA) is 77.6 Å². The van der Waals surface area contributed by atoms with Gasteiger partial charge in [0.25, 0.3) is 0 Å². The van der Waals surface area contributed by atoms with Crippen molar-refractivity contribution in [3.8, 4) is 0 Å². The van der Waals surface area contributed by atoms with E-state index in [2.05, 4.69) is 25.8 Å². The SMILES string of the molecule is CC(C)(C)c1cnc(C2=NN(c3c[n+]([O-])ccn3)C3C4CCC(CC23)O4)s1. The molecule has 8 heteroatoms. The van der Waals surface area contributed by atoms with Gasteiger partial charge in [-0.1, -0.05) is 20.8 Å². The molecule has 27 heavy (non-hydrogen) atoms. The summed E-state index contributed by atoms with van der Waals surface area (Å²) in [5.41, 5.74) is 1.08. The zero-order valence-electron chi connectivity index (χ0n) is 15.7. The molecule has 4 atom stereocenters. The number of rotatable bonds is 2. The van der Waals surface area contributed by atoms with E-state index in [1.807, 2.05) is 11.2 Å². The highest BCUT2D eigenvalue weighted by atomic mass is 32.1.